The van der Waals surface area contributed by atoms with Gasteiger partial charge >= 0.3 is 0 Å². The van der Waals surface area contributed by atoms with Crippen molar-refractivity contribution in [2.45, 2.75) is 50.8 Å². The summed E-state index contributed by atoms with van der Waals surface area (Å²) in [7, 11) is 0. The zero-order chi connectivity index (χ0) is 10.8. The van der Waals surface area contributed by atoms with Crippen LogP contribution in [0.1, 0.15) is 48.8 Å². The largest absolute Gasteiger partial charge is 0.122 e. The fourth-order valence-electron chi connectivity index (χ4n) is 2.61. The van der Waals surface area contributed by atoms with Crippen LogP contribution < -0.4 is 0 Å². The summed E-state index contributed by atoms with van der Waals surface area (Å²) in [6, 6.07) is 6.82. The monoisotopic (exact) mass is 222 g/mol. The van der Waals surface area contributed by atoms with E-state index in [1.807, 2.05) is 0 Å². The first-order chi connectivity index (χ1) is 7.22. The highest BCUT2D eigenvalue weighted by Crippen LogP contribution is 2.39. The van der Waals surface area contributed by atoms with Crippen molar-refractivity contribution in [3.05, 3.63) is 34.9 Å². The molecule has 1 aromatic carbocycles. The number of hydrogen-bond acceptors (Lipinski definition) is 0. The van der Waals surface area contributed by atoms with Gasteiger partial charge < -0.3 is 0 Å². The summed E-state index contributed by atoms with van der Waals surface area (Å²) in [4.78, 5) is 0. The molecule has 0 N–H and O–H groups in total. The molecule has 2 unspecified atom stereocenters. The van der Waals surface area contributed by atoms with Crippen LogP contribution in [0.4, 0.5) is 0 Å². The highest BCUT2D eigenvalue weighted by molar-refractivity contribution is 6.21. The van der Waals surface area contributed by atoms with Crippen LogP contribution in [-0.4, -0.2) is 5.38 Å². The van der Waals surface area contributed by atoms with Gasteiger partial charge in [0.05, 0.1) is 0 Å². The number of aryl methyl sites for hydroxylation is 2. The van der Waals surface area contributed by atoms with Gasteiger partial charge in [-0.05, 0) is 37.3 Å². The van der Waals surface area contributed by atoms with Crippen molar-refractivity contribution in [2.75, 3.05) is 0 Å². The minimum absolute atomic E-state index is 0.332. The summed E-state index contributed by atoms with van der Waals surface area (Å²) in [5, 5.41) is 0.332. The lowest BCUT2D eigenvalue weighted by molar-refractivity contribution is 0.589. The number of hydrogen-bond donors (Lipinski definition) is 0. The number of rotatable bonds is 3. The second-order valence-corrected chi connectivity index (χ2v) is 5.21. The second kappa shape index (κ2) is 4.57. The summed E-state index contributed by atoms with van der Waals surface area (Å²) >= 11 is 6.47. The Morgan fingerprint density at radius 1 is 1.47 bits per heavy atom. The quantitative estimate of drug-likeness (QED) is 0.664. The van der Waals surface area contributed by atoms with Crippen LogP contribution in [-0.2, 0) is 6.42 Å². The molecular weight excluding hydrogens is 204 g/mol. The van der Waals surface area contributed by atoms with E-state index in [2.05, 4.69) is 32.0 Å². The van der Waals surface area contributed by atoms with Crippen LogP contribution in [0, 0.1) is 6.92 Å². The zero-order valence-corrected chi connectivity index (χ0v) is 10.3. The van der Waals surface area contributed by atoms with Gasteiger partial charge in [0.15, 0.2) is 0 Å². The maximum atomic E-state index is 6.47. The topological polar surface area (TPSA) is 0 Å². The lowest BCUT2D eigenvalue weighted by Crippen LogP contribution is -2.09. The van der Waals surface area contributed by atoms with Gasteiger partial charge in [0.2, 0.25) is 0 Å². The van der Waals surface area contributed by atoms with E-state index < -0.39 is 0 Å². The molecule has 0 fully saturated rings. The fraction of sp³-hybridized carbons (Fsp3) is 0.571. The normalized spacial score (nSPS) is 21.4. The molecule has 0 amide bonds. The third kappa shape index (κ3) is 2.20. The fourth-order valence-corrected chi connectivity index (χ4v) is 3.09. The standard InChI is InChI=1S/C14H19Cl/c1-3-4-14(15)12-8-7-11-6-5-10(2)9-13(11)12/h5-6,9,12,14H,3-4,7-8H2,1-2H3. The minimum Gasteiger partial charge on any atom is -0.122 e. The number of halogens is 1. The highest BCUT2D eigenvalue weighted by Gasteiger charge is 2.27. The molecule has 1 aliphatic carbocycles. The highest BCUT2D eigenvalue weighted by atomic mass is 35.5. The molecule has 0 spiro atoms. The van der Waals surface area contributed by atoms with Crippen molar-refractivity contribution in [3.63, 3.8) is 0 Å². The lowest BCUT2D eigenvalue weighted by Gasteiger charge is -2.18. The van der Waals surface area contributed by atoms with Crippen LogP contribution in [0.2, 0.25) is 0 Å². The van der Waals surface area contributed by atoms with E-state index in [1.165, 1.54) is 36.0 Å². The van der Waals surface area contributed by atoms with E-state index in [0.29, 0.717) is 11.3 Å². The summed E-state index contributed by atoms with van der Waals surface area (Å²) < 4.78 is 0. The molecule has 1 aliphatic rings. The Hall–Kier alpha value is -0.490. The van der Waals surface area contributed by atoms with Gasteiger partial charge in [-0.3, -0.25) is 0 Å². The summed E-state index contributed by atoms with van der Waals surface area (Å²) in [5.74, 6) is 0.599. The van der Waals surface area contributed by atoms with Gasteiger partial charge in [-0.15, -0.1) is 11.6 Å². The first-order valence-corrected chi connectivity index (χ1v) is 6.39. The zero-order valence-electron chi connectivity index (χ0n) is 9.59. The van der Waals surface area contributed by atoms with Gasteiger partial charge in [0.1, 0.15) is 0 Å². The maximum Gasteiger partial charge on any atom is 0.0404 e. The van der Waals surface area contributed by atoms with Crippen molar-refractivity contribution in [3.8, 4) is 0 Å². The van der Waals surface area contributed by atoms with E-state index >= 15 is 0 Å². The molecule has 2 rings (SSSR count). The van der Waals surface area contributed by atoms with Gasteiger partial charge in [0, 0.05) is 11.3 Å². The number of benzene rings is 1. The Morgan fingerprint density at radius 2 is 2.27 bits per heavy atom. The van der Waals surface area contributed by atoms with Crippen molar-refractivity contribution in [2.24, 2.45) is 0 Å². The molecule has 82 valence electrons. The van der Waals surface area contributed by atoms with E-state index in [1.54, 1.807) is 0 Å². The van der Waals surface area contributed by atoms with Gasteiger partial charge in [-0.25, -0.2) is 0 Å². The van der Waals surface area contributed by atoms with Crippen LogP contribution in [0.3, 0.4) is 0 Å². The van der Waals surface area contributed by atoms with E-state index in [-0.39, 0.29) is 0 Å². The van der Waals surface area contributed by atoms with Crippen molar-refractivity contribution in [1.29, 1.82) is 0 Å². The summed E-state index contributed by atoms with van der Waals surface area (Å²) in [6.45, 7) is 4.38. The number of alkyl halides is 1. The van der Waals surface area contributed by atoms with Crippen molar-refractivity contribution in [1.82, 2.24) is 0 Å². The van der Waals surface area contributed by atoms with E-state index in [9.17, 15) is 0 Å². The van der Waals surface area contributed by atoms with Crippen LogP contribution >= 0.6 is 11.6 Å². The molecule has 15 heavy (non-hydrogen) atoms. The molecule has 1 aromatic rings. The van der Waals surface area contributed by atoms with Crippen LogP contribution in [0.25, 0.3) is 0 Å². The Kier molecular flexibility index (Phi) is 3.35. The molecule has 0 radical (unpaired) electrons. The molecule has 0 heterocycles. The van der Waals surface area contributed by atoms with Gasteiger partial charge in [-0.1, -0.05) is 37.1 Å². The first-order valence-electron chi connectivity index (χ1n) is 5.96. The summed E-state index contributed by atoms with van der Waals surface area (Å²) in [6.07, 6.45) is 4.78. The predicted octanol–water partition coefficient (Wildman–Crippen LogP) is 4.43. The maximum absolute atomic E-state index is 6.47. The third-order valence-corrected chi connectivity index (χ3v) is 3.95. The Balaban J connectivity index is 2.23. The molecule has 2 atom stereocenters. The molecule has 0 saturated carbocycles. The molecule has 0 saturated heterocycles. The Bertz CT molecular complexity index is 343. The van der Waals surface area contributed by atoms with Crippen LogP contribution in [0.15, 0.2) is 18.2 Å². The molecular formula is C14H19Cl. The van der Waals surface area contributed by atoms with E-state index in [4.69, 9.17) is 11.6 Å². The first kappa shape index (κ1) is 11.0. The SMILES string of the molecule is CCCC(Cl)C1CCc2ccc(C)cc21. The smallest absolute Gasteiger partial charge is 0.0404 e. The third-order valence-electron chi connectivity index (χ3n) is 3.43. The average Bonchev–Trinajstić information content (AvgIpc) is 2.60. The van der Waals surface area contributed by atoms with E-state index in [0.717, 1.165) is 6.42 Å². The predicted molar refractivity (Wildman–Crippen MR) is 66.8 cm³/mol. The lowest BCUT2D eigenvalue weighted by atomic mass is 9.94. The molecule has 0 bridgehead atoms. The molecule has 0 aromatic heterocycles. The molecule has 0 aliphatic heterocycles. The molecule has 0 nitrogen and oxygen atoms in total. The van der Waals surface area contributed by atoms with Crippen molar-refractivity contribution < 1.29 is 0 Å². The second-order valence-electron chi connectivity index (χ2n) is 4.65. The van der Waals surface area contributed by atoms with Crippen LogP contribution in [0.5, 0.6) is 0 Å². The van der Waals surface area contributed by atoms with Gasteiger partial charge in [0.25, 0.3) is 0 Å². The Morgan fingerprint density at radius 3 is 3.00 bits per heavy atom. The molecule has 1 heteroatoms. The number of fused-ring (bicyclic) bond motifs is 1. The minimum atomic E-state index is 0.332. The summed E-state index contributed by atoms with van der Waals surface area (Å²) in [5.41, 5.74) is 4.40. The van der Waals surface area contributed by atoms with Crippen molar-refractivity contribution >= 4 is 11.6 Å². The van der Waals surface area contributed by atoms with Gasteiger partial charge in [-0.2, -0.15) is 0 Å². The Labute approximate surface area is 97.6 Å². The average molecular weight is 223 g/mol.